The predicted octanol–water partition coefficient (Wildman–Crippen LogP) is 2.62. The average molecular weight is 331 g/mol. The highest BCUT2D eigenvalue weighted by Crippen LogP contribution is 2.05. The topological polar surface area (TPSA) is 70.3 Å². The van der Waals surface area contributed by atoms with Crippen molar-refractivity contribution >= 4 is 10.1 Å². The van der Waals surface area contributed by atoms with E-state index in [4.69, 9.17) is 4.84 Å². The van der Waals surface area contributed by atoms with Gasteiger partial charge in [0.15, 0.2) is 6.61 Å². The van der Waals surface area contributed by atoms with Crippen LogP contribution in [0.4, 0.5) is 0 Å². The van der Waals surface area contributed by atoms with E-state index in [9.17, 15) is 13.0 Å². The second kappa shape index (κ2) is 12.4. The SMILES string of the molecule is CCCCCCCCS(=O)(=O)[O-].CCO[n+]1cccc(C)c1. The van der Waals surface area contributed by atoms with Gasteiger partial charge in [-0.15, -0.1) is 0 Å². The van der Waals surface area contributed by atoms with E-state index < -0.39 is 10.1 Å². The van der Waals surface area contributed by atoms with Crippen LogP contribution in [-0.2, 0) is 10.1 Å². The van der Waals surface area contributed by atoms with Gasteiger partial charge in [-0.3, -0.25) is 4.84 Å². The first-order valence-corrected chi connectivity index (χ1v) is 9.51. The number of pyridine rings is 1. The zero-order chi connectivity index (χ0) is 16.8. The van der Waals surface area contributed by atoms with E-state index >= 15 is 0 Å². The first-order chi connectivity index (χ1) is 10.4. The summed E-state index contributed by atoms with van der Waals surface area (Å²) in [7, 11) is -3.97. The maximum Gasteiger partial charge on any atom is 0.225 e. The van der Waals surface area contributed by atoms with Gasteiger partial charge in [0.25, 0.3) is 0 Å². The maximum absolute atomic E-state index is 10.2. The van der Waals surface area contributed by atoms with Gasteiger partial charge >= 0.3 is 0 Å². The highest BCUT2D eigenvalue weighted by atomic mass is 32.2. The Kier molecular flexibility index (Phi) is 11.8. The van der Waals surface area contributed by atoms with Crippen LogP contribution in [0.2, 0.25) is 0 Å². The Balaban J connectivity index is 0.000000406. The fourth-order valence-electron chi connectivity index (χ4n) is 1.85. The van der Waals surface area contributed by atoms with E-state index in [1.807, 2.05) is 38.4 Å². The Morgan fingerprint density at radius 1 is 1.14 bits per heavy atom. The van der Waals surface area contributed by atoms with E-state index in [1.165, 1.54) is 18.4 Å². The summed E-state index contributed by atoms with van der Waals surface area (Å²) in [5.41, 5.74) is 1.20. The molecule has 0 saturated heterocycles. The average Bonchev–Trinajstić information content (AvgIpc) is 2.43. The van der Waals surface area contributed by atoms with Gasteiger partial charge in [-0.1, -0.05) is 39.0 Å². The molecule has 0 aliphatic heterocycles. The van der Waals surface area contributed by atoms with Crippen molar-refractivity contribution in [3.8, 4) is 0 Å². The number of aryl methyl sites for hydroxylation is 1. The molecule has 1 heterocycles. The monoisotopic (exact) mass is 331 g/mol. The van der Waals surface area contributed by atoms with Gasteiger partial charge in [0.1, 0.15) is 0 Å². The second-order valence-corrected chi connectivity index (χ2v) is 6.71. The molecule has 22 heavy (non-hydrogen) atoms. The van der Waals surface area contributed by atoms with Crippen LogP contribution in [0.5, 0.6) is 0 Å². The molecule has 0 aliphatic rings. The lowest BCUT2D eigenvalue weighted by molar-refractivity contribution is -0.891. The van der Waals surface area contributed by atoms with Crippen LogP contribution in [-0.4, -0.2) is 25.3 Å². The molecule has 0 aromatic carbocycles. The maximum atomic E-state index is 10.2. The number of aromatic nitrogens is 1. The van der Waals surface area contributed by atoms with Crippen molar-refractivity contribution in [2.75, 3.05) is 12.4 Å². The van der Waals surface area contributed by atoms with Crippen molar-refractivity contribution in [1.29, 1.82) is 0 Å². The molecular weight excluding hydrogens is 302 g/mol. The minimum absolute atomic E-state index is 0.195. The smallest absolute Gasteiger partial charge is 0.225 e. The lowest BCUT2D eigenvalue weighted by atomic mass is 10.1. The summed E-state index contributed by atoms with van der Waals surface area (Å²) in [5, 5.41) is 0. The van der Waals surface area contributed by atoms with E-state index in [0.717, 1.165) is 19.3 Å². The molecule has 0 bridgehead atoms. The van der Waals surface area contributed by atoms with Gasteiger partial charge in [-0.05, 0) is 26.3 Å². The molecule has 6 heteroatoms. The fraction of sp³-hybridized carbons (Fsp3) is 0.688. The van der Waals surface area contributed by atoms with Crippen molar-refractivity contribution in [2.45, 2.75) is 59.3 Å². The molecular formula is C16H29NO4S. The van der Waals surface area contributed by atoms with Gasteiger partial charge in [0.05, 0.1) is 10.1 Å². The molecule has 5 nitrogen and oxygen atoms in total. The lowest BCUT2D eigenvalue weighted by Crippen LogP contribution is -2.41. The Morgan fingerprint density at radius 2 is 1.77 bits per heavy atom. The molecule has 0 aliphatic carbocycles. The highest BCUT2D eigenvalue weighted by Gasteiger charge is 1.97. The van der Waals surface area contributed by atoms with Crippen molar-refractivity contribution in [2.24, 2.45) is 0 Å². The molecule has 0 unspecified atom stereocenters. The Bertz CT molecular complexity index is 489. The molecule has 0 spiro atoms. The van der Waals surface area contributed by atoms with E-state index in [-0.39, 0.29) is 5.75 Å². The number of hydrogen-bond acceptors (Lipinski definition) is 4. The van der Waals surface area contributed by atoms with Crippen molar-refractivity contribution < 1.29 is 22.5 Å². The number of rotatable bonds is 9. The van der Waals surface area contributed by atoms with Crippen molar-refractivity contribution in [3.05, 3.63) is 30.1 Å². The van der Waals surface area contributed by atoms with Crippen LogP contribution in [0.3, 0.4) is 0 Å². The van der Waals surface area contributed by atoms with Gasteiger partial charge in [0, 0.05) is 22.1 Å². The van der Waals surface area contributed by atoms with E-state index in [1.54, 1.807) is 4.73 Å². The third-order valence-electron chi connectivity index (χ3n) is 2.95. The number of nitrogens with zero attached hydrogens (tertiary/aromatic N) is 1. The quantitative estimate of drug-likeness (QED) is 0.396. The number of unbranched alkanes of at least 4 members (excludes halogenated alkanes) is 5. The highest BCUT2D eigenvalue weighted by molar-refractivity contribution is 7.85. The summed E-state index contributed by atoms with van der Waals surface area (Å²) >= 11 is 0. The minimum Gasteiger partial charge on any atom is -0.748 e. The summed E-state index contributed by atoms with van der Waals surface area (Å²) in [6.45, 7) is 6.83. The summed E-state index contributed by atoms with van der Waals surface area (Å²) in [6, 6.07) is 4.00. The zero-order valence-electron chi connectivity index (χ0n) is 14.0. The van der Waals surface area contributed by atoms with Crippen molar-refractivity contribution in [3.63, 3.8) is 0 Å². The fourth-order valence-corrected chi connectivity index (χ4v) is 2.41. The Hall–Kier alpha value is -1.14. The molecule has 0 amide bonds. The summed E-state index contributed by atoms with van der Waals surface area (Å²) in [4.78, 5) is 5.20. The summed E-state index contributed by atoms with van der Waals surface area (Å²) in [6.07, 6.45) is 9.79. The summed E-state index contributed by atoms with van der Waals surface area (Å²) in [5.74, 6) is -0.195. The molecule has 0 N–H and O–H groups in total. The Morgan fingerprint density at radius 3 is 2.32 bits per heavy atom. The van der Waals surface area contributed by atoms with Crippen LogP contribution in [0, 0.1) is 6.92 Å². The zero-order valence-corrected chi connectivity index (χ0v) is 14.8. The molecule has 0 radical (unpaired) electrons. The predicted molar refractivity (Wildman–Crippen MR) is 86.4 cm³/mol. The standard InChI is InChI=1S/C8H12NO.C8H18O3S/c1-3-10-9-6-4-5-8(2)7-9;1-2-3-4-5-6-7-8-12(9,10)11/h4-7H,3H2,1-2H3;2-8H2,1H3,(H,9,10,11)/q+1;/p-1. The van der Waals surface area contributed by atoms with Crippen LogP contribution >= 0.6 is 0 Å². The molecule has 0 saturated carbocycles. The summed E-state index contributed by atoms with van der Waals surface area (Å²) < 4.78 is 32.2. The van der Waals surface area contributed by atoms with Gasteiger partial charge < -0.3 is 4.55 Å². The first kappa shape index (κ1) is 20.9. The minimum atomic E-state index is -3.97. The van der Waals surface area contributed by atoms with Crippen LogP contribution in [0.15, 0.2) is 24.5 Å². The van der Waals surface area contributed by atoms with Crippen LogP contribution < -0.4 is 9.57 Å². The third kappa shape index (κ3) is 13.8. The lowest BCUT2D eigenvalue weighted by Gasteiger charge is -2.05. The normalized spacial score (nSPS) is 10.7. The third-order valence-corrected chi connectivity index (χ3v) is 3.74. The Labute approximate surface area is 135 Å². The van der Waals surface area contributed by atoms with Gasteiger partial charge in [-0.25, -0.2) is 8.42 Å². The van der Waals surface area contributed by atoms with E-state index in [0.29, 0.717) is 13.0 Å². The molecule has 128 valence electrons. The van der Waals surface area contributed by atoms with Crippen LogP contribution in [0.1, 0.15) is 57.9 Å². The second-order valence-electron chi connectivity index (χ2n) is 5.19. The van der Waals surface area contributed by atoms with Gasteiger partial charge in [0.2, 0.25) is 12.4 Å². The molecule has 1 aromatic rings. The molecule has 1 rings (SSSR count). The molecule has 0 atom stereocenters. The van der Waals surface area contributed by atoms with E-state index in [2.05, 4.69) is 6.92 Å². The van der Waals surface area contributed by atoms with Crippen molar-refractivity contribution in [1.82, 2.24) is 0 Å². The van der Waals surface area contributed by atoms with Crippen LogP contribution in [0.25, 0.3) is 0 Å². The number of hydrogen-bond donors (Lipinski definition) is 0. The largest absolute Gasteiger partial charge is 0.748 e. The van der Waals surface area contributed by atoms with Gasteiger partial charge in [-0.2, -0.15) is 0 Å². The molecule has 0 fully saturated rings. The first-order valence-electron chi connectivity index (χ1n) is 7.93. The molecule has 1 aromatic heterocycles.